The number of methoxy groups -OCH3 is 1. The van der Waals surface area contributed by atoms with Crippen LogP contribution in [-0.4, -0.2) is 98.6 Å². The van der Waals surface area contributed by atoms with Gasteiger partial charge < -0.3 is 47.7 Å². The van der Waals surface area contributed by atoms with Crippen molar-refractivity contribution in [2.75, 3.05) is 20.3 Å². The van der Waals surface area contributed by atoms with E-state index >= 15 is 0 Å². The Hall–Kier alpha value is -3.43. The van der Waals surface area contributed by atoms with E-state index in [1.165, 1.54) is 27.9 Å². The fraction of sp³-hybridized carbons (Fsp3) is 0.545. The maximum atomic E-state index is 11.9. The minimum Gasteiger partial charge on any atom is -0.463 e. The Morgan fingerprint density at radius 3 is 1.85 bits per heavy atom. The van der Waals surface area contributed by atoms with E-state index < -0.39 is 73.2 Å². The Labute approximate surface area is 267 Å². The van der Waals surface area contributed by atoms with Gasteiger partial charge in [-0.05, 0) is 11.1 Å². The van der Waals surface area contributed by atoms with Gasteiger partial charge in [0, 0.05) is 34.3 Å². The molecule has 13 nitrogen and oxygen atoms in total. The van der Waals surface area contributed by atoms with Crippen molar-refractivity contribution in [1.29, 1.82) is 0 Å². The third-order valence-electron chi connectivity index (χ3n) is 7.42. The van der Waals surface area contributed by atoms with Gasteiger partial charge in [-0.1, -0.05) is 60.7 Å². The molecule has 2 aromatic rings. The van der Waals surface area contributed by atoms with Gasteiger partial charge >= 0.3 is 17.9 Å². The number of aliphatic hydroxyl groups is 1. The Kier molecular flexibility index (Phi) is 13.5. The molecule has 2 aliphatic rings. The molecule has 0 unspecified atom stereocenters. The molecule has 0 bridgehead atoms. The van der Waals surface area contributed by atoms with Crippen molar-refractivity contribution >= 4 is 17.9 Å². The second-order valence-corrected chi connectivity index (χ2v) is 11.0. The van der Waals surface area contributed by atoms with Crippen LogP contribution in [0.4, 0.5) is 0 Å². The minimum atomic E-state index is -1.21. The summed E-state index contributed by atoms with van der Waals surface area (Å²) in [7, 11) is 1.47. The molecular formula is C33H42O13. The second kappa shape index (κ2) is 17.5. The lowest BCUT2D eigenvalue weighted by Gasteiger charge is -2.44. The molecular weight excluding hydrogens is 604 g/mol. The number of esters is 3. The molecule has 0 amide bonds. The highest BCUT2D eigenvalue weighted by Crippen LogP contribution is 2.31. The number of hydrogen-bond acceptors (Lipinski definition) is 13. The molecule has 0 radical (unpaired) electrons. The summed E-state index contributed by atoms with van der Waals surface area (Å²) in [5.74, 6) is -1.82. The van der Waals surface area contributed by atoms with E-state index in [4.69, 9.17) is 42.6 Å². The summed E-state index contributed by atoms with van der Waals surface area (Å²) < 4.78 is 52.2. The van der Waals surface area contributed by atoms with Gasteiger partial charge in [-0.15, -0.1) is 0 Å². The first kappa shape index (κ1) is 35.4. The van der Waals surface area contributed by atoms with Crippen LogP contribution >= 0.6 is 0 Å². The molecule has 0 aliphatic carbocycles. The Morgan fingerprint density at radius 1 is 0.717 bits per heavy atom. The predicted octanol–water partition coefficient (Wildman–Crippen LogP) is 2.45. The zero-order valence-electron chi connectivity index (χ0n) is 26.4. The second-order valence-electron chi connectivity index (χ2n) is 11.0. The van der Waals surface area contributed by atoms with Gasteiger partial charge in [0.25, 0.3) is 0 Å². The molecule has 2 aromatic carbocycles. The van der Waals surface area contributed by atoms with Crippen LogP contribution in [0.15, 0.2) is 60.7 Å². The summed E-state index contributed by atoms with van der Waals surface area (Å²) >= 11 is 0. The van der Waals surface area contributed by atoms with E-state index in [0.29, 0.717) is 0 Å². The first-order valence-electron chi connectivity index (χ1n) is 15.1. The van der Waals surface area contributed by atoms with Crippen LogP contribution in [0.25, 0.3) is 0 Å². The molecule has 9 atom stereocenters. The van der Waals surface area contributed by atoms with Crippen LogP contribution in [0.5, 0.6) is 0 Å². The fourth-order valence-corrected chi connectivity index (χ4v) is 5.32. The minimum absolute atomic E-state index is 0.0125. The number of aliphatic hydroxyl groups excluding tert-OH is 1. The largest absolute Gasteiger partial charge is 0.463 e. The van der Waals surface area contributed by atoms with Gasteiger partial charge in [-0.3, -0.25) is 14.4 Å². The first-order chi connectivity index (χ1) is 22.1. The van der Waals surface area contributed by atoms with E-state index in [1.54, 1.807) is 0 Å². The zero-order chi connectivity index (χ0) is 33.1. The lowest BCUT2D eigenvalue weighted by atomic mass is 9.98. The highest BCUT2D eigenvalue weighted by molar-refractivity contribution is 5.67. The van der Waals surface area contributed by atoms with Gasteiger partial charge in [0.1, 0.15) is 43.2 Å². The molecule has 2 aliphatic heterocycles. The summed E-state index contributed by atoms with van der Waals surface area (Å²) in [5, 5.41) is 11.5. The standard InChI is InChI=1S/C33H42O13/c1-20(34)39-19-27-30(44-22(3)36)25(43-21(2)35)15-28(45-27)40-18-26-29(37)31(41-16-23-11-7-5-8-12-23)32(33(38-4)46-26)42-17-24-13-9-6-10-14-24/h5-14,25-33,37H,15-19H2,1-4H3/t25-,26-,27-,28-,29-,30+,31+,32-,33+/m1/s1. The van der Waals surface area contributed by atoms with Crippen LogP contribution in [0.2, 0.25) is 0 Å². The molecule has 252 valence electrons. The number of ether oxygens (including phenoxy) is 9. The highest BCUT2D eigenvalue weighted by atomic mass is 16.7. The van der Waals surface area contributed by atoms with Crippen LogP contribution in [-0.2, 0) is 70.2 Å². The van der Waals surface area contributed by atoms with Crippen molar-refractivity contribution in [3.8, 4) is 0 Å². The number of carbonyl (C=O) groups is 3. The first-order valence-corrected chi connectivity index (χ1v) is 15.1. The number of carbonyl (C=O) groups excluding carboxylic acids is 3. The van der Waals surface area contributed by atoms with Crippen molar-refractivity contribution in [1.82, 2.24) is 0 Å². The van der Waals surface area contributed by atoms with E-state index in [9.17, 15) is 19.5 Å². The molecule has 0 saturated carbocycles. The molecule has 13 heteroatoms. The van der Waals surface area contributed by atoms with Gasteiger partial charge in [-0.25, -0.2) is 0 Å². The Morgan fingerprint density at radius 2 is 1.30 bits per heavy atom. The maximum absolute atomic E-state index is 11.9. The lowest BCUT2D eigenvalue weighted by molar-refractivity contribution is -0.326. The molecule has 0 spiro atoms. The van der Waals surface area contributed by atoms with Crippen LogP contribution in [0, 0.1) is 0 Å². The fourth-order valence-electron chi connectivity index (χ4n) is 5.32. The maximum Gasteiger partial charge on any atom is 0.303 e. The number of rotatable bonds is 14. The van der Waals surface area contributed by atoms with E-state index in [-0.39, 0.29) is 32.8 Å². The quantitative estimate of drug-likeness (QED) is 0.236. The molecule has 2 saturated heterocycles. The van der Waals surface area contributed by atoms with Crippen LogP contribution < -0.4 is 0 Å². The topological polar surface area (TPSA) is 155 Å². The van der Waals surface area contributed by atoms with E-state index in [1.807, 2.05) is 60.7 Å². The van der Waals surface area contributed by atoms with Gasteiger partial charge in [0.05, 0.1) is 19.8 Å². The summed E-state index contributed by atoms with van der Waals surface area (Å²) in [4.78, 5) is 35.3. The third-order valence-corrected chi connectivity index (χ3v) is 7.42. The smallest absolute Gasteiger partial charge is 0.303 e. The zero-order valence-corrected chi connectivity index (χ0v) is 26.4. The van der Waals surface area contributed by atoms with Gasteiger partial charge in [0.2, 0.25) is 0 Å². The molecule has 46 heavy (non-hydrogen) atoms. The molecule has 2 fully saturated rings. The summed E-state index contributed by atoms with van der Waals surface area (Å²) in [6.45, 7) is 3.61. The van der Waals surface area contributed by atoms with Crippen molar-refractivity contribution < 1.29 is 62.1 Å². The number of hydrogen-bond donors (Lipinski definition) is 1. The van der Waals surface area contributed by atoms with Crippen molar-refractivity contribution in [3.63, 3.8) is 0 Å². The van der Waals surface area contributed by atoms with Crippen LogP contribution in [0.3, 0.4) is 0 Å². The third kappa shape index (κ3) is 10.3. The summed E-state index contributed by atoms with van der Waals surface area (Å²) in [6.07, 6.45) is -8.78. The monoisotopic (exact) mass is 646 g/mol. The average molecular weight is 647 g/mol. The van der Waals surface area contributed by atoms with Crippen molar-refractivity contribution in [2.45, 2.75) is 95.7 Å². The van der Waals surface area contributed by atoms with Crippen molar-refractivity contribution in [2.24, 2.45) is 0 Å². The Bertz CT molecular complexity index is 1240. The summed E-state index contributed by atoms with van der Waals surface area (Å²) in [6, 6.07) is 19.1. The highest BCUT2D eigenvalue weighted by Gasteiger charge is 2.49. The number of benzene rings is 2. The molecule has 0 aromatic heterocycles. The molecule has 4 rings (SSSR count). The summed E-state index contributed by atoms with van der Waals surface area (Å²) in [5.41, 5.74) is 1.82. The van der Waals surface area contributed by atoms with Gasteiger partial charge in [0.15, 0.2) is 18.7 Å². The predicted molar refractivity (Wildman–Crippen MR) is 159 cm³/mol. The average Bonchev–Trinajstić information content (AvgIpc) is 3.03. The van der Waals surface area contributed by atoms with E-state index in [0.717, 1.165) is 11.1 Å². The SMILES string of the molecule is CO[C@H]1O[C@H](CO[C@H]2C[C@@H](OC(C)=O)[C@H](OC(C)=O)[C@@H](COC(C)=O)O2)[C@@H](O)[C@H](OCc2ccccc2)[C@H]1OCc1ccccc1. The Balaban J connectivity index is 1.48. The van der Waals surface area contributed by atoms with E-state index in [2.05, 4.69) is 0 Å². The molecule has 1 N–H and O–H groups in total. The van der Waals surface area contributed by atoms with Crippen molar-refractivity contribution in [3.05, 3.63) is 71.8 Å². The molecule has 2 heterocycles. The normalized spacial score (nSPS) is 29.5. The van der Waals surface area contributed by atoms with Crippen LogP contribution in [0.1, 0.15) is 38.3 Å². The lowest BCUT2D eigenvalue weighted by Crippen LogP contribution is -2.61. The van der Waals surface area contributed by atoms with Gasteiger partial charge in [-0.2, -0.15) is 0 Å².